The summed E-state index contributed by atoms with van der Waals surface area (Å²) in [7, 11) is 0. The van der Waals surface area contributed by atoms with Gasteiger partial charge >= 0.3 is 0 Å². The van der Waals surface area contributed by atoms with Gasteiger partial charge in [-0.15, -0.1) is 0 Å². The molecule has 5 heteroatoms. The third-order valence-corrected chi connectivity index (χ3v) is 3.60. The summed E-state index contributed by atoms with van der Waals surface area (Å²) in [6.45, 7) is 9.91. The quantitative estimate of drug-likeness (QED) is 0.426. The molecule has 0 aliphatic rings. The van der Waals surface area contributed by atoms with Crippen LogP contribution in [0.1, 0.15) is 46.0 Å². The van der Waals surface area contributed by atoms with E-state index in [2.05, 4.69) is 13.8 Å². The molecule has 4 N–H and O–H groups in total. The van der Waals surface area contributed by atoms with Gasteiger partial charge < -0.3 is 25.7 Å². The van der Waals surface area contributed by atoms with E-state index in [1.54, 1.807) is 0 Å². The Morgan fingerprint density at radius 2 is 1.14 bits per heavy atom. The predicted octanol–water partition coefficient (Wildman–Crippen LogP) is 1.93. The first kappa shape index (κ1) is 20.8. The molecule has 0 radical (unpaired) electrons. The summed E-state index contributed by atoms with van der Waals surface area (Å²) in [6, 6.07) is 0. The van der Waals surface area contributed by atoms with Gasteiger partial charge in [-0.3, -0.25) is 0 Å². The lowest BCUT2D eigenvalue weighted by molar-refractivity contribution is -0.0719. The highest BCUT2D eigenvalue weighted by Crippen LogP contribution is 2.24. The fourth-order valence-electron chi connectivity index (χ4n) is 1.91. The monoisotopic (exact) mass is 304 g/mol. The Balaban J connectivity index is 4.22. The Morgan fingerprint density at radius 3 is 1.48 bits per heavy atom. The van der Waals surface area contributed by atoms with Crippen LogP contribution in [0.25, 0.3) is 0 Å². The smallest absolute Gasteiger partial charge is 0.0566 e. The first-order chi connectivity index (χ1) is 10.2. The Kier molecular flexibility index (Phi) is 14.6. The molecule has 0 rings (SSSR count). The van der Waals surface area contributed by atoms with Crippen LogP contribution < -0.4 is 11.5 Å². The number of rotatable bonds is 16. The molecule has 0 unspecified atom stereocenters. The average molecular weight is 304 g/mol. The molecule has 0 bridgehead atoms. The minimum atomic E-state index is -0.0586. The van der Waals surface area contributed by atoms with Gasteiger partial charge in [0.25, 0.3) is 0 Å². The molecule has 0 fully saturated rings. The first-order valence-electron chi connectivity index (χ1n) is 8.38. The molecular weight excluding hydrogens is 268 g/mol. The van der Waals surface area contributed by atoms with Crippen LogP contribution >= 0.6 is 0 Å². The van der Waals surface area contributed by atoms with E-state index in [9.17, 15) is 0 Å². The highest BCUT2D eigenvalue weighted by molar-refractivity contribution is 4.77. The lowest BCUT2D eigenvalue weighted by Crippen LogP contribution is -2.37. The zero-order chi connectivity index (χ0) is 15.8. The summed E-state index contributed by atoms with van der Waals surface area (Å²) < 4.78 is 17.4. The number of hydrogen-bond donors (Lipinski definition) is 2. The Labute approximate surface area is 130 Å². The lowest BCUT2D eigenvalue weighted by Gasteiger charge is -2.32. The molecule has 0 spiro atoms. The van der Waals surface area contributed by atoms with E-state index in [0.29, 0.717) is 46.1 Å². The molecular formula is C16H36N2O3. The molecule has 0 aliphatic carbocycles. The van der Waals surface area contributed by atoms with Crippen molar-refractivity contribution in [2.24, 2.45) is 16.9 Å². The maximum atomic E-state index is 5.84. The van der Waals surface area contributed by atoms with Crippen molar-refractivity contribution in [1.29, 1.82) is 0 Å². The van der Waals surface area contributed by atoms with Crippen LogP contribution in [0.4, 0.5) is 0 Å². The molecule has 0 aliphatic heterocycles. The molecule has 0 aromatic heterocycles. The van der Waals surface area contributed by atoms with Crippen molar-refractivity contribution in [3.05, 3.63) is 0 Å². The van der Waals surface area contributed by atoms with Gasteiger partial charge in [0.1, 0.15) is 0 Å². The fraction of sp³-hybridized carbons (Fsp3) is 1.00. The van der Waals surface area contributed by atoms with Crippen LogP contribution in [0.15, 0.2) is 0 Å². The van der Waals surface area contributed by atoms with Gasteiger partial charge in [-0.25, -0.2) is 0 Å². The topological polar surface area (TPSA) is 79.7 Å². The van der Waals surface area contributed by atoms with Gasteiger partial charge in [-0.1, -0.05) is 20.3 Å². The minimum Gasteiger partial charge on any atom is -0.381 e. The standard InChI is InChI=1S/C16H36N2O3/c1-3-5-10-19-13-16(4-2,14-20-11-6-8-17)15-21-12-7-9-18/h3-15,17-18H2,1-2H3. The molecule has 5 nitrogen and oxygen atoms in total. The summed E-state index contributed by atoms with van der Waals surface area (Å²) >= 11 is 0. The van der Waals surface area contributed by atoms with Crippen molar-refractivity contribution in [2.45, 2.75) is 46.0 Å². The molecule has 0 atom stereocenters. The Morgan fingerprint density at radius 1 is 0.714 bits per heavy atom. The second kappa shape index (κ2) is 14.7. The summed E-state index contributed by atoms with van der Waals surface area (Å²) in [5.74, 6) is 0. The molecule has 0 aromatic rings. The Hall–Kier alpha value is -0.200. The number of ether oxygens (including phenoxy) is 3. The van der Waals surface area contributed by atoms with E-state index in [1.807, 2.05) is 0 Å². The Bertz CT molecular complexity index is 184. The van der Waals surface area contributed by atoms with Gasteiger partial charge in [0.15, 0.2) is 0 Å². The summed E-state index contributed by atoms with van der Waals surface area (Å²) in [6.07, 6.45) is 5.01. The molecule has 0 heterocycles. The molecule has 0 saturated heterocycles. The van der Waals surface area contributed by atoms with Crippen LogP contribution in [0.2, 0.25) is 0 Å². The second-order valence-electron chi connectivity index (χ2n) is 5.65. The third kappa shape index (κ3) is 11.1. The molecule has 0 amide bonds. The van der Waals surface area contributed by atoms with Crippen molar-refractivity contribution in [3.8, 4) is 0 Å². The summed E-state index contributed by atoms with van der Waals surface area (Å²) in [5.41, 5.74) is 10.9. The van der Waals surface area contributed by atoms with Crippen molar-refractivity contribution >= 4 is 0 Å². The predicted molar refractivity (Wildman–Crippen MR) is 87.4 cm³/mol. The highest BCUT2D eigenvalue weighted by atomic mass is 16.5. The highest BCUT2D eigenvalue weighted by Gasteiger charge is 2.29. The van der Waals surface area contributed by atoms with Crippen molar-refractivity contribution in [2.75, 3.05) is 52.7 Å². The lowest BCUT2D eigenvalue weighted by atomic mass is 9.88. The number of nitrogens with two attached hydrogens (primary N) is 2. The van der Waals surface area contributed by atoms with Gasteiger partial charge in [0.2, 0.25) is 0 Å². The fourth-order valence-corrected chi connectivity index (χ4v) is 1.91. The van der Waals surface area contributed by atoms with Crippen molar-refractivity contribution in [3.63, 3.8) is 0 Å². The van der Waals surface area contributed by atoms with E-state index in [-0.39, 0.29) is 5.41 Å². The van der Waals surface area contributed by atoms with E-state index in [4.69, 9.17) is 25.7 Å². The third-order valence-electron chi connectivity index (χ3n) is 3.60. The molecule has 0 saturated carbocycles. The second-order valence-corrected chi connectivity index (χ2v) is 5.65. The van der Waals surface area contributed by atoms with Crippen LogP contribution in [0, 0.1) is 5.41 Å². The zero-order valence-electron chi connectivity index (χ0n) is 14.1. The van der Waals surface area contributed by atoms with E-state index < -0.39 is 0 Å². The summed E-state index contributed by atoms with van der Waals surface area (Å²) in [4.78, 5) is 0. The maximum absolute atomic E-state index is 5.84. The first-order valence-corrected chi connectivity index (χ1v) is 8.38. The molecule has 128 valence electrons. The van der Waals surface area contributed by atoms with E-state index in [0.717, 1.165) is 38.7 Å². The zero-order valence-corrected chi connectivity index (χ0v) is 14.1. The van der Waals surface area contributed by atoms with Crippen LogP contribution in [-0.4, -0.2) is 52.7 Å². The summed E-state index contributed by atoms with van der Waals surface area (Å²) in [5, 5.41) is 0. The SMILES string of the molecule is CCCCOCC(CC)(COCCCN)COCCCN. The number of hydrogen-bond acceptors (Lipinski definition) is 5. The minimum absolute atomic E-state index is 0.0586. The van der Waals surface area contributed by atoms with Crippen molar-refractivity contribution < 1.29 is 14.2 Å². The van der Waals surface area contributed by atoms with Gasteiger partial charge in [-0.2, -0.15) is 0 Å². The molecule has 0 aromatic carbocycles. The maximum Gasteiger partial charge on any atom is 0.0566 e. The van der Waals surface area contributed by atoms with Crippen LogP contribution in [-0.2, 0) is 14.2 Å². The van der Waals surface area contributed by atoms with Gasteiger partial charge in [-0.05, 0) is 38.8 Å². The van der Waals surface area contributed by atoms with Gasteiger partial charge in [0.05, 0.1) is 19.8 Å². The average Bonchev–Trinajstić information content (AvgIpc) is 2.51. The molecule has 21 heavy (non-hydrogen) atoms. The van der Waals surface area contributed by atoms with Crippen LogP contribution in [0.5, 0.6) is 0 Å². The van der Waals surface area contributed by atoms with E-state index in [1.165, 1.54) is 0 Å². The normalized spacial score (nSPS) is 12.0. The van der Waals surface area contributed by atoms with Crippen LogP contribution in [0.3, 0.4) is 0 Å². The number of unbranched alkanes of at least 4 members (excludes halogenated alkanes) is 1. The van der Waals surface area contributed by atoms with Gasteiger partial charge in [0, 0.05) is 25.2 Å². The largest absolute Gasteiger partial charge is 0.381 e. The van der Waals surface area contributed by atoms with E-state index >= 15 is 0 Å². The van der Waals surface area contributed by atoms with Crippen molar-refractivity contribution in [1.82, 2.24) is 0 Å².